The Balaban J connectivity index is 2.06. The van der Waals surface area contributed by atoms with Crippen molar-refractivity contribution >= 4 is 23.6 Å². The number of amides is 2. The number of nitrogens with one attached hydrogen (secondary N) is 2. The molecule has 0 heterocycles. The zero-order valence-electron chi connectivity index (χ0n) is 16.8. The lowest BCUT2D eigenvalue weighted by Gasteiger charge is -2.20. The van der Waals surface area contributed by atoms with E-state index in [1.165, 1.54) is 6.08 Å². The van der Waals surface area contributed by atoms with Crippen LogP contribution in [0.1, 0.15) is 36.7 Å². The van der Waals surface area contributed by atoms with Gasteiger partial charge in [0, 0.05) is 22.9 Å². The van der Waals surface area contributed by atoms with Crippen LogP contribution in [0.4, 0.5) is 5.69 Å². The van der Waals surface area contributed by atoms with Gasteiger partial charge in [0.2, 0.25) is 5.91 Å². The third-order valence-electron chi connectivity index (χ3n) is 3.72. The summed E-state index contributed by atoms with van der Waals surface area (Å²) in [6.07, 6.45) is 3.09. The van der Waals surface area contributed by atoms with Crippen molar-refractivity contribution in [1.82, 2.24) is 5.32 Å². The van der Waals surface area contributed by atoms with Crippen molar-refractivity contribution in [2.75, 3.05) is 19.5 Å². The normalized spacial score (nSPS) is 11.2. The molecule has 0 aliphatic carbocycles. The number of carbonyl (C=O) groups is 2. The van der Waals surface area contributed by atoms with Crippen LogP contribution in [0.5, 0.6) is 11.5 Å². The number of methoxy groups -OCH3 is 2. The average Bonchev–Trinajstić information content (AvgIpc) is 2.65. The predicted octanol–water partition coefficient (Wildman–Crippen LogP) is 3.88. The standard InChI is InChI=1S/C22H26N2O4/c1-22(2,3)24-21(26)16-7-6-8-17(14-16)23-20(25)12-10-15-9-11-18(27-4)19(13-15)28-5/h6-14H,1-5H3,(H,23,25)(H,24,26)/b12-10+. The van der Waals surface area contributed by atoms with Crippen molar-refractivity contribution in [2.45, 2.75) is 26.3 Å². The molecule has 0 saturated heterocycles. The minimum absolute atomic E-state index is 0.190. The van der Waals surface area contributed by atoms with Gasteiger partial charge in [0.1, 0.15) is 0 Å². The van der Waals surface area contributed by atoms with Crippen LogP contribution in [0.25, 0.3) is 6.08 Å². The molecule has 148 valence electrons. The number of hydrogen-bond donors (Lipinski definition) is 2. The minimum Gasteiger partial charge on any atom is -0.493 e. The highest BCUT2D eigenvalue weighted by Crippen LogP contribution is 2.28. The SMILES string of the molecule is COc1ccc(/C=C/C(=O)Nc2cccc(C(=O)NC(C)(C)C)c2)cc1OC. The van der Waals surface area contributed by atoms with Crippen LogP contribution in [0.2, 0.25) is 0 Å². The van der Waals surface area contributed by atoms with Gasteiger partial charge in [0.25, 0.3) is 5.91 Å². The van der Waals surface area contributed by atoms with E-state index in [0.717, 1.165) is 5.56 Å². The van der Waals surface area contributed by atoms with Crippen molar-refractivity contribution in [3.05, 3.63) is 59.7 Å². The molecule has 28 heavy (non-hydrogen) atoms. The molecule has 0 atom stereocenters. The Bertz CT molecular complexity index is 882. The molecule has 2 amide bonds. The summed E-state index contributed by atoms with van der Waals surface area (Å²) in [5.41, 5.74) is 1.49. The van der Waals surface area contributed by atoms with Gasteiger partial charge in [-0.05, 0) is 62.7 Å². The Morgan fingerprint density at radius 3 is 2.32 bits per heavy atom. The summed E-state index contributed by atoms with van der Waals surface area (Å²) >= 11 is 0. The molecule has 0 aromatic heterocycles. The highest BCUT2D eigenvalue weighted by atomic mass is 16.5. The van der Waals surface area contributed by atoms with Crippen LogP contribution in [-0.2, 0) is 4.79 Å². The quantitative estimate of drug-likeness (QED) is 0.743. The Labute approximate surface area is 165 Å². The van der Waals surface area contributed by atoms with Gasteiger partial charge in [0.15, 0.2) is 11.5 Å². The second-order valence-electron chi connectivity index (χ2n) is 7.22. The van der Waals surface area contributed by atoms with Gasteiger partial charge in [-0.2, -0.15) is 0 Å². The summed E-state index contributed by atoms with van der Waals surface area (Å²) in [5, 5.41) is 5.65. The van der Waals surface area contributed by atoms with Crippen molar-refractivity contribution in [3.63, 3.8) is 0 Å². The first-order valence-electron chi connectivity index (χ1n) is 8.85. The summed E-state index contributed by atoms with van der Waals surface area (Å²) in [4.78, 5) is 24.5. The minimum atomic E-state index is -0.335. The molecule has 0 unspecified atom stereocenters. The van der Waals surface area contributed by atoms with E-state index >= 15 is 0 Å². The number of rotatable bonds is 6. The smallest absolute Gasteiger partial charge is 0.251 e. The number of carbonyl (C=O) groups excluding carboxylic acids is 2. The fourth-order valence-corrected chi connectivity index (χ4v) is 2.46. The highest BCUT2D eigenvalue weighted by Gasteiger charge is 2.15. The first-order chi connectivity index (χ1) is 13.2. The molecule has 2 aromatic rings. The van der Waals surface area contributed by atoms with E-state index in [1.54, 1.807) is 56.7 Å². The van der Waals surface area contributed by atoms with Crippen LogP contribution < -0.4 is 20.1 Å². The Morgan fingerprint density at radius 1 is 0.964 bits per heavy atom. The summed E-state index contributed by atoms with van der Waals surface area (Å²) in [6.45, 7) is 5.74. The maximum absolute atomic E-state index is 12.3. The summed E-state index contributed by atoms with van der Waals surface area (Å²) in [6, 6.07) is 12.2. The van der Waals surface area contributed by atoms with E-state index in [2.05, 4.69) is 10.6 Å². The fourth-order valence-electron chi connectivity index (χ4n) is 2.46. The first kappa shape index (κ1) is 21.0. The maximum atomic E-state index is 12.3. The van der Waals surface area contributed by atoms with E-state index in [1.807, 2.05) is 26.8 Å². The van der Waals surface area contributed by atoms with Crippen LogP contribution in [0.15, 0.2) is 48.5 Å². The summed E-state index contributed by atoms with van der Waals surface area (Å²) in [7, 11) is 3.12. The van der Waals surface area contributed by atoms with Crippen molar-refractivity contribution in [1.29, 1.82) is 0 Å². The zero-order valence-corrected chi connectivity index (χ0v) is 16.8. The molecule has 0 fully saturated rings. The molecular formula is C22H26N2O4. The molecule has 6 nitrogen and oxygen atoms in total. The third kappa shape index (κ3) is 6.16. The molecule has 2 aromatic carbocycles. The number of benzene rings is 2. The van der Waals surface area contributed by atoms with E-state index in [0.29, 0.717) is 22.7 Å². The lowest BCUT2D eigenvalue weighted by atomic mass is 10.1. The fraction of sp³-hybridized carbons (Fsp3) is 0.273. The van der Waals surface area contributed by atoms with Gasteiger partial charge >= 0.3 is 0 Å². The van der Waals surface area contributed by atoms with Crippen LogP contribution >= 0.6 is 0 Å². The molecule has 0 aliphatic heterocycles. The summed E-state index contributed by atoms with van der Waals surface area (Å²) < 4.78 is 10.4. The molecule has 2 rings (SSSR count). The van der Waals surface area contributed by atoms with Crippen LogP contribution in [0.3, 0.4) is 0 Å². The molecule has 0 aliphatic rings. The Morgan fingerprint density at radius 2 is 1.68 bits per heavy atom. The topological polar surface area (TPSA) is 76.7 Å². The molecule has 0 saturated carbocycles. The highest BCUT2D eigenvalue weighted by molar-refractivity contribution is 6.03. The molecule has 0 radical (unpaired) electrons. The number of anilines is 1. The number of ether oxygens (including phenoxy) is 2. The van der Waals surface area contributed by atoms with Gasteiger partial charge in [-0.15, -0.1) is 0 Å². The van der Waals surface area contributed by atoms with Gasteiger partial charge in [-0.25, -0.2) is 0 Å². The lowest BCUT2D eigenvalue weighted by molar-refractivity contribution is -0.111. The van der Waals surface area contributed by atoms with Gasteiger partial charge < -0.3 is 20.1 Å². The van der Waals surface area contributed by atoms with Gasteiger partial charge in [0.05, 0.1) is 14.2 Å². The largest absolute Gasteiger partial charge is 0.493 e. The van der Waals surface area contributed by atoms with E-state index in [-0.39, 0.29) is 17.4 Å². The molecule has 0 spiro atoms. The van der Waals surface area contributed by atoms with Crippen molar-refractivity contribution in [3.8, 4) is 11.5 Å². The van der Waals surface area contributed by atoms with E-state index in [4.69, 9.17) is 9.47 Å². The molecule has 6 heteroatoms. The molecule has 2 N–H and O–H groups in total. The second-order valence-corrected chi connectivity index (χ2v) is 7.22. The van der Waals surface area contributed by atoms with Crippen molar-refractivity contribution in [2.24, 2.45) is 0 Å². The first-order valence-corrected chi connectivity index (χ1v) is 8.85. The van der Waals surface area contributed by atoms with Gasteiger partial charge in [-0.3, -0.25) is 9.59 Å². The number of hydrogen-bond acceptors (Lipinski definition) is 4. The third-order valence-corrected chi connectivity index (χ3v) is 3.72. The van der Waals surface area contributed by atoms with Crippen LogP contribution in [0, 0.1) is 0 Å². The maximum Gasteiger partial charge on any atom is 0.251 e. The Kier molecular flexibility index (Phi) is 6.82. The predicted molar refractivity (Wildman–Crippen MR) is 111 cm³/mol. The van der Waals surface area contributed by atoms with Gasteiger partial charge in [-0.1, -0.05) is 12.1 Å². The molecular weight excluding hydrogens is 356 g/mol. The zero-order chi connectivity index (χ0) is 20.7. The molecule has 0 bridgehead atoms. The lowest BCUT2D eigenvalue weighted by Crippen LogP contribution is -2.40. The van der Waals surface area contributed by atoms with Crippen LogP contribution in [-0.4, -0.2) is 31.6 Å². The van der Waals surface area contributed by atoms with Crippen molar-refractivity contribution < 1.29 is 19.1 Å². The monoisotopic (exact) mass is 382 g/mol. The Hall–Kier alpha value is -3.28. The average molecular weight is 382 g/mol. The summed E-state index contributed by atoms with van der Waals surface area (Å²) in [5.74, 6) is 0.713. The van der Waals surface area contributed by atoms with E-state index in [9.17, 15) is 9.59 Å². The van der Waals surface area contributed by atoms with E-state index < -0.39 is 0 Å². The second kappa shape index (κ2) is 9.08.